The minimum atomic E-state index is -1.07. The number of anilines is 1. The van der Waals surface area contributed by atoms with Crippen LogP contribution in [0.1, 0.15) is 42.4 Å². The molecule has 0 radical (unpaired) electrons. The fourth-order valence-corrected chi connectivity index (χ4v) is 2.36. The number of carbonyl (C=O) groups is 1. The van der Waals surface area contributed by atoms with E-state index in [1.54, 1.807) is 7.11 Å². The first-order chi connectivity index (χ1) is 9.43. The van der Waals surface area contributed by atoms with Crippen molar-refractivity contribution in [3.05, 3.63) is 11.5 Å². The molecule has 1 aromatic heterocycles. The molecule has 2 rings (SSSR count). The number of nitrogens with zero attached hydrogens (tertiary/aromatic N) is 2. The van der Waals surface area contributed by atoms with Crippen molar-refractivity contribution < 1.29 is 19.1 Å². The average Bonchev–Trinajstić information content (AvgIpc) is 2.84. The number of ether oxygens (including phenoxy) is 1. The summed E-state index contributed by atoms with van der Waals surface area (Å²) in [7, 11) is 1.62. The van der Waals surface area contributed by atoms with Gasteiger partial charge in [-0.1, -0.05) is 13.8 Å². The van der Waals surface area contributed by atoms with Crippen LogP contribution in [0.2, 0.25) is 0 Å². The molecule has 20 heavy (non-hydrogen) atoms. The Kier molecular flexibility index (Phi) is 4.29. The predicted octanol–water partition coefficient (Wildman–Crippen LogP) is 1.05. The Hall–Kier alpha value is -1.60. The number of oxazole rings is 1. The van der Waals surface area contributed by atoms with Gasteiger partial charge < -0.3 is 24.9 Å². The highest BCUT2D eigenvalue weighted by Gasteiger charge is 2.31. The lowest BCUT2D eigenvalue weighted by atomic mass is 10.0. The standard InChI is InChI=1S/C13H21N3O4/c1-7(2)11-10(12(17)18)15-13(20-11)16-5-4-8(14)9(6-16)19-3/h7-9H,4-6,14H2,1-3H3,(H,17,18). The van der Waals surface area contributed by atoms with Gasteiger partial charge in [-0.3, -0.25) is 0 Å². The fraction of sp³-hybridized carbons (Fsp3) is 0.692. The number of rotatable bonds is 4. The SMILES string of the molecule is COC1CN(c2nc(C(=O)O)c(C(C)C)o2)CCC1N. The van der Waals surface area contributed by atoms with Crippen molar-refractivity contribution in [3.63, 3.8) is 0 Å². The van der Waals surface area contributed by atoms with E-state index in [0.29, 0.717) is 24.9 Å². The van der Waals surface area contributed by atoms with Gasteiger partial charge in [-0.15, -0.1) is 0 Å². The Bertz CT molecular complexity index is 486. The Morgan fingerprint density at radius 3 is 2.80 bits per heavy atom. The zero-order valence-corrected chi connectivity index (χ0v) is 12.0. The van der Waals surface area contributed by atoms with Crippen LogP contribution in [0.25, 0.3) is 0 Å². The molecule has 0 aliphatic carbocycles. The Labute approximate surface area is 117 Å². The summed E-state index contributed by atoms with van der Waals surface area (Å²) >= 11 is 0. The van der Waals surface area contributed by atoms with Crippen molar-refractivity contribution in [2.24, 2.45) is 5.73 Å². The third-order valence-corrected chi connectivity index (χ3v) is 3.55. The fourth-order valence-electron chi connectivity index (χ4n) is 2.36. The molecule has 1 aliphatic rings. The molecule has 0 aromatic carbocycles. The minimum Gasteiger partial charge on any atom is -0.476 e. The lowest BCUT2D eigenvalue weighted by molar-refractivity contribution is 0.0688. The molecule has 2 heterocycles. The summed E-state index contributed by atoms with van der Waals surface area (Å²) in [6, 6.07) is 0.315. The van der Waals surface area contributed by atoms with Gasteiger partial charge in [0.1, 0.15) is 5.76 Å². The van der Waals surface area contributed by atoms with Crippen LogP contribution in [0, 0.1) is 0 Å². The molecule has 2 atom stereocenters. The molecule has 1 aliphatic heterocycles. The van der Waals surface area contributed by atoms with E-state index in [1.165, 1.54) is 0 Å². The Morgan fingerprint density at radius 2 is 2.30 bits per heavy atom. The van der Waals surface area contributed by atoms with Crippen LogP contribution < -0.4 is 10.6 Å². The molecule has 0 amide bonds. The smallest absolute Gasteiger partial charge is 0.358 e. The average molecular weight is 283 g/mol. The highest BCUT2D eigenvalue weighted by atomic mass is 16.5. The van der Waals surface area contributed by atoms with Gasteiger partial charge in [-0.2, -0.15) is 4.98 Å². The normalized spacial score (nSPS) is 23.4. The molecule has 0 spiro atoms. The maximum absolute atomic E-state index is 11.2. The second-order valence-corrected chi connectivity index (χ2v) is 5.34. The molecule has 1 aromatic rings. The predicted molar refractivity (Wildman–Crippen MR) is 73.2 cm³/mol. The summed E-state index contributed by atoms with van der Waals surface area (Å²) < 4.78 is 11.0. The quantitative estimate of drug-likeness (QED) is 0.851. The first kappa shape index (κ1) is 14.8. The molecule has 0 saturated carbocycles. The van der Waals surface area contributed by atoms with E-state index in [0.717, 1.165) is 6.42 Å². The van der Waals surface area contributed by atoms with Crippen LogP contribution in [0.3, 0.4) is 0 Å². The second kappa shape index (κ2) is 5.80. The van der Waals surface area contributed by atoms with Crippen molar-refractivity contribution in [1.82, 2.24) is 4.98 Å². The summed E-state index contributed by atoms with van der Waals surface area (Å²) in [4.78, 5) is 17.2. The first-order valence-corrected chi connectivity index (χ1v) is 6.71. The minimum absolute atomic E-state index is 0.0150. The molecule has 7 heteroatoms. The number of aromatic carboxylic acids is 1. The summed E-state index contributed by atoms with van der Waals surface area (Å²) in [6.45, 7) is 4.98. The maximum Gasteiger partial charge on any atom is 0.358 e. The largest absolute Gasteiger partial charge is 0.476 e. The van der Waals surface area contributed by atoms with Crippen LogP contribution in [-0.2, 0) is 4.74 Å². The van der Waals surface area contributed by atoms with Crippen molar-refractivity contribution in [1.29, 1.82) is 0 Å². The van der Waals surface area contributed by atoms with Gasteiger partial charge in [0.2, 0.25) is 0 Å². The molecule has 7 nitrogen and oxygen atoms in total. The van der Waals surface area contributed by atoms with E-state index in [2.05, 4.69) is 4.98 Å². The van der Waals surface area contributed by atoms with Crippen LogP contribution >= 0.6 is 0 Å². The molecule has 2 unspecified atom stereocenters. The van der Waals surface area contributed by atoms with Crippen molar-refractivity contribution in [3.8, 4) is 0 Å². The van der Waals surface area contributed by atoms with Crippen LogP contribution in [-0.4, -0.2) is 48.4 Å². The Morgan fingerprint density at radius 1 is 1.60 bits per heavy atom. The molecule has 3 N–H and O–H groups in total. The molecule has 0 bridgehead atoms. The third-order valence-electron chi connectivity index (χ3n) is 3.55. The van der Waals surface area contributed by atoms with Gasteiger partial charge in [0.15, 0.2) is 5.69 Å². The number of hydrogen-bond acceptors (Lipinski definition) is 6. The van der Waals surface area contributed by atoms with Gasteiger partial charge in [-0.05, 0) is 6.42 Å². The molecule has 1 fully saturated rings. The topological polar surface area (TPSA) is 102 Å². The highest BCUT2D eigenvalue weighted by molar-refractivity contribution is 5.87. The number of aromatic nitrogens is 1. The highest BCUT2D eigenvalue weighted by Crippen LogP contribution is 2.27. The van der Waals surface area contributed by atoms with Gasteiger partial charge >= 0.3 is 5.97 Å². The molecule has 1 saturated heterocycles. The lowest BCUT2D eigenvalue weighted by Crippen LogP contribution is -2.51. The van der Waals surface area contributed by atoms with Crippen molar-refractivity contribution in [2.75, 3.05) is 25.1 Å². The summed E-state index contributed by atoms with van der Waals surface area (Å²) in [5.41, 5.74) is 5.95. The molecule has 112 valence electrons. The maximum atomic E-state index is 11.2. The number of nitrogens with two attached hydrogens (primary N) is 1. The van der Waals surface area contributed by atoms with Crippen molar-refractivity contribution in [2.45, 2.75) is 38.3 Å². The second-order valence-electron chi connectivity index (χ2n) is 5.34. The summed E-state index contributed by atoms with van der Waals surface area (Å²) in [5, 5.41) is 9.18. The number of hydrogen-bond donors (Lipinski definition) is 2. The van der Waals surface area contributed by atoms with Crippen LogP contribution in [0.5, 0.6) is 0 Å². The van der Waals surface area contributed by atoms with E-state index in [9.17, 15) is 9.90 Å². The Balaban J connectivity index is 2.25. The van der Waals surface area contributed by atoms with Gasteiger partial charge in [0.05, 0.1) is 12.6 Å². The number of carboxylic acid groups (broad SMARTS) is 1. The zero-order chi connectivity index (χ0) is 14.9. The molecular weight excluding hydrogens is 262 g/mol. The van der Waals surface area contributed by atoms with E-state index in [4.69, 9.17) is 14.9 Å². The van der Waals surface area contributed by atoms with Crippen LogP contribution in [0.4, 0.5) is 6.01 Å². The first-order valence-electron chi connectivity index (χ1n) is 6.71. The van der Waals surface area contributed by atoms with Crippen LogP contribution in [0.15, 0.2) is 4.42 Å². The van der Waals surface area contributed by atoms with Gasteiger partial charge in [0, 0.05) is 25.6 Å². The van der Waals surface area contributed by atoms with Gasteiger partial charge in [-0.25, -0.2) is 4.79 Å². The number of piperidine rings is 1. The third kappa shape index (κ3) is 2.78. The van der Waals surface area contributed by atoms with E-state index in [1.807, 2.05) is 18.7 Å². The van der Waals surface area contributed by atoms with E-state index >= 15 is 0 Å². The summed E-state index contributed by atoms with van der Waals surface area (Å²) in [6.07, 6.45) is 0.645. The number of methoxy groups -OCH3 is 1. The van der Waals surface area contributed by atoms with E-state index in [-0.39, 0.29) is 23.8 Å². The monoisotopic (exact) mass is 283 g/mol. The van der Waals surface area contributed by atoms with Crippen molar-refractivity contribution >= 4 is 12.0 Å². The van der Waals surface area contributed by atoms with E-state index < -0.39 is 5.97 Å². The molecular formula is C13H21N3O4. The summed E-state index contributed by atoms with van der Waals surface area (Å²) in [5.74, 6) is -0.704. The lowest BCUT2D eigenvalue weighted by Gasteiger charge is -2.34. The zero-order valence-electron chi connectivity index (χ0n) is 12.0. The van der Waals surface area contributed by atoms with Gasteiger partial charge in [0.25, 0.3) is 6.01 Å². The number of carboxylic acids is 1.